The predicted molar refractivity (Wildman–Crippen MR) is 87.4 cm³/mol. The van der Waals surface area contributed by atoms with Crippen molar-refractivity contribution in [2.75, 3.05) is 31.9 Å². The fraction of sp³-hybridized carbons (Fsp3) is 0.562. The molecule has 2 fully saturated rings. The molecule has 2 aliphatic heterocycles. The number of hydrogen-bond acceptors (Lipinski definition) is 5. The van der Waals surface area contributed by atoms with Crippen molar-refractivity contribution in [3.05, 3.63) is 33.4 Å². The molecule has 0 aromatic heterocycles. The van der Waals surface area contributed by atoms with Gasteiger partial charge in [-0.2, -0.15) is 0 Å². The molecule has 0 radical (unpaired) electrons. The summed E-state index contributed by atoms with van der Waals surface area (Å²) in [7, 11) is 0. The molecule has 3 rings (SSSR count). The van der Waals surface area contributed by atoms with Crippen LogP contribution in [0.2, 0.25) is 0 Å². The van der Waals surface area contributed by atoms with E-state index in [0.717, 1.165) is 25.9 Å². The number of carbonyl (C=O) groups excluding carboxylic acids is 1. The van der Waals surface area contributed by atoms with E-state index in [2.05, 4.69) is 4.90 Å². The van der Waals surface area contributed by atoms with E-state index in [-0.39, 0.29) is 22.8 Å². The lowest BCUT2D eigenvalue weighted by Crippen LogP contribution is -2.39. The summed E-state index contributed by atoms with van der Waals surface area (Å²) in [5, 5.41) is 11.1. The first kappa shape index (κ1) is 15.7. The van der Waals surface area contributed by atoms with Crippen molar-refractivity contribution in [2.24, 2.45) is 0 Å². The molecule has 2 N–H and O–H groups in total. The molecule has 23 heavy (non-hydrogen) atoms. The van der Waals surface area contributed by atoms with Gasteiger partial charge in [0, 0.05) is 31.7 Å². The van der Waals surface area contributed by atoms with Gasteiger partial charge < -0.3 is 10.6 Å². The molecule has 0 unspecified atom stereocenters. The number of carbonyl (C=O) groups is 1. The second-order valence-corrected chi connectivity index (χ2v) is 6.44. The maximum Gasteiger partial charge on any atom is 0.293 e. The van der Waals surface area contributed by atoms with Gasteiger partial charge in [-0.3, -0.25) is 19.8 Å². The van der Waals surface area contributed by atoms with E-state index < -0.39 is 4.92 Å². The average molecular weight is 318 g/mol. The van der Waals surface area contributed by atoms with E-state index in [0.29, 0.717) is 24.7 Å². The Hall–Kier alpha value is -2.15. The zero-order valence-corrected chi connectivity index (χ0v) is 13.3. The number of fused-ring (bicyclic) bond motifs is 1. The van der Waals surface area contributed by atoms with Crippen LogP contribution in [-0.4, -0.2) is 52.9 Å². The van der Waals surface area contributed by atoms with Crippen LogP contribution < -0.4 is 5.73 Å². The number of benzene rings is 1. The van der Waals surface area contributed by atoms with Gasteiger partial charge >= 0.3 is 0 Å². The normalized spacial score (nSPS) is 21.8. The van der Waals surface area contributed by atoms with Crippen LogP contribution in [0.1, 0.15) is 35.2 Å². The van der Waals surface area contributed by atoms with Crippen molar-refractivity contribution in [3.63, 3.8) is 0 Å². The van der Waals surface area contributed by atoms with Crippen molar-refractivity contribution in [3.8, 4) is 0 Å². The highest BCUT2D eigenvalue weighted by molar-refractivity contribution is 6.01. The van der Waals surface area contributed by atoms with Gasteiger partial charge in [-0.1, -0.05) is 0 Å². The second kappa shape index (κ2) is 6.16. The largest absolute Gasteiger partial charge is 0.393 e. The number of anilines is 1. The first-order chi connectivity index (χ1) is 11.0. The Morgan fingerprint density at radius 3 is 2.78 bits per heavy atom. The van der Waals surface area contributed by atoms with Crippen molar-refractivity contribution in [2.45, 2.75) is 32.2 Å². The van der Waals surface area contributed by atoms with Gasteiger partial charge in [0.15, 0.2) is 0 Å². The molecule has 2 aliphatic rings. The van der Waals surface area contributed by atoms with E-state index in [4.69, 9.17) is 5.73 Å². The summed E-state index contributed by atoms with van der Waals surface area (Å²) in [5.74, 6) is -0.192. The van der Waals surface area contributed by atoms with Crippen LogP contribution in [0.4, 0.5) is 11.4 Å². The zero-order valence-electron chi connectivity index (χ0n) is 13.3. The Bertz CT molecular complexity index is 646. The Morgan fingerprint density at radius 1 is 1.30 bits per heavy atom. The quantitative estimate of drug-likeness (QED) is 0.510. The highest BCUT2D eigenvalue weighted by Crippen LogP contribution is 2.29. The van der Waals surface area contributed by atoms with Gasteiger partial charge in [0.1, 0.15) is 5.69 Å². The fourth-order valence-corrected chi connectivity index (χ4v) is 3.67. The van der Waals surface area contributed by atoms with Gasteiger partial charge in [0.2, 0.25) is 0 Å². The van der Waals surface area contributed by atoms with E-state index in [9.17, 15) is 14.9 Å². The highest BCUT2D eigenvalue weighted by atomic mass is 16.6. The third kappa shape index (κ3) is 3.01. The number of aryl methyl sites for hydroxylation is 1. The van der Waals surface area contributed by atoms with Crippen LogP contribution in [0.5, 0.6) is 0 Å². The molecular formula is C16H22N4O3. The van der Waals surface area contributed by atoms with E-state index in [1.165, 1.54) is 12.5 Å². The van der Waals surface area contributed by atoms with Crippen LogP contribution >= 0.6 is 0 Å². The Morgan fingerprint density at radius 2 is 2.04 bits per heavy atom. The molecule has 124 valence electrons. The predicted octanol–water partition coefficient (Wildman–Crippen LogP) is 1.80. The number of nitrogen functional groups attached to an aromatic ring is 1. The number of nitro groups is 1. The van der Waals surface area contributed by atoms with Gasteiger partial charge in [-0.15, -0.1) is 0 Å². The van der Waals surface area contributed by atoms with Gasteiger partial charge in [0.25, 0.3) is 11.6 Å². The minimum Gasteiger partial charge on any atom is -0.393 e. The lowest BCUT2D eigenvalue weighted by molar-refractivity contribution is -0.384. The van der Waals surface area contributed by atoms with E-state index >= 15 is 0 Å². The third-order valence-electron chi connectivity index (χ3n) is 4.82. The lowest BCUT2D eigenvalue weighted by atomic mass is 10.1. The maximum absolute atomic E-state index is 12.9. The number of amides is 1. The molecule has 7 heteroatoms. The second-order valence-electron chi connectivity index (χ2n) is 6.44. The van der Waals surface area contributed by atoms with Gasteiger partial charge in [-0.05, 0) is 44.4 Å². The lowest BCUT2D eigenvalue weighted by Gasteiger charge is -2.26. The molecule has 1 aromatic carbocycles. The van der Waals surface area contributed by atoms with Gasteiger partial charge in [-0.25, -0.2) is 0 Å². The van der Waals surface area contributed by atoms with E-state index in [1.807, 2.05) is 4.90 Å². The number of nitrogens with two attached hydrogens (primary N) is 1. The molecular weight excluding hydrogens is 296 g/mol. The summed E-state index contributed by atoms with van der Waals surface area (Å²) in [6.45, 7) is 5.21. The minimum atomic E-state index is -0.528. The highest BCUT2D eigenvalue weighted by Gasteiger charge is 2.32. The molecule has 7 nitrogen and oxygen atoms in total. The summed E-state index contributed by atoms with van der Waals surface area (Å²) < 4.78 is 0. The van der Waals surface area contributed by atoms with Crippen molar-refractivity contribution < 1.29 is 9.72 Å². The fourth-order valence-electron chi connectivity index (χ4n) is 3.67. The van der Waals surface area contributed by atoms with Crippen LogP contribution in [0, 0.1) is 17.0 Å². The molecule has 0 aliphatic carbocycles. The van der Waals surface area contributed by atoms with Crippen LogP contribution in [-0.2, 0) is 0 Å². The van der Waals surface area contributed by atoms with Crippen LogP contribution in [0.25, 0.3) is 0 Å². The van der Waals surface area contributed by atoms with Gasteiger partial charge in [0.05, 0.1) is 10.5 Å². The first-order valence-electron chi connectivity index (χ1n) is 8.05. The third-order valence-corrected chi connectivity index (χ3v) is 4.82. The molecule has 0 bridgehead atoms. The number of nitro benzene ring substituents is 1. The molecule has 0 spiro atoms. The smallest absolute Gasteiger partial charge is 0.293 e. The maximum atomic E-state index is 12.9. The van der Waals surface area contributed by atoms with Crippen LogP contribution in [0.3, 0.4) is 0 Å². The number of nitrogens with zero attached hydrogens (tertiary/aromatic N) is 3. The summed E-state index contributed by atoms with van der Waals surface area (Å²) in [4.78, 5) is 27.7. The van der Waals surface area contributed by atoms with Crippen LogP contribution in [0.15, 0.2) is 12.1 Å². The molecule has 0 saturated carbocycles. The molecule has 2 heterocycles. The average Bonchev–Trinajstić information content (AvgIpc) is 2.85. The van der Waals surface area contributed by atoms with Crippen molar-refractivity contribution in [1.82, 2.24) is 9.80 Å². The Kier molecular flexibility index (Phi) is 4.21. The monoisotopic (exact) mass is 318 g/mol. The van der Waals surface area contributed by atoms with Crippen molar-refractivity contribution >= 4 is 17.3 Å². The molecule has 1 atom stereocenters. The first-order valence-corrected chi connectivity index (χ1v) is 8.05. The van der Waals surface area contributed by atoms with E-state index in [1.54, 1.807) is 13.0 Å². The van der Waals surface area contributed by atoms with Crippen molar-refractivity contribution in [1.29, 1.82) is 0 Å². The molecule has 1 aromatic rings. The summed E-state index contributed by atoms with van der Waals surface area (Å²) >= 11 is 0. The molecule has 2 saturated heterocycles. The summed E-state index contributed by atoms with van der Waals surface area (Å²) in [6.07, 6.45) is 3.20. The molecule has 1 amide bonds. The minimum absolute atomic E-state index is 0.0295. The Labute approximate surface area is 135 Å². The summed E-state index contributed by atoms with van der Waals surface area (Å²) in [5.41, 5.74) is 6.61. The summed E-state index contributed by atoms with van der Waals surface area (Å²) in [6, 6.07) is 3.47. The standard InChI is InChI=1S/C16H22N4O3/c1-11-8-13(15(17)14(9-11)20(22)23)16(21)19-7-3-6-18-5-2-4-12(18)10-19/h8-9,12H,2-7,10,17H2,1H3/t12-/m1/s1. The zero-order chi connectivity index (χ0) is 16.6. The number of hydrogen-bond donors (Lipinski definition) is 1. The number of rotatable bonds is 2. The topological polar surface area (TPSA) is 92.7 Å². The Balaban J connectivity index is 1.89. The SMILES string of the molecule is Cc1cc(C(=O)N2CCCN3CCC[C@@H]3C2)c(N)c([N+](=O)[O-])c1.